The molecule has 4 rings (SSSR count). The van der Waals surface area contributed by atoms with Gasteiger partial charge in [0.15, 0.2) is 5.82 Å². The van der Waals surface area contributed by atoms with Crippen LogP contribution in [0.1, 0.15) is 22.4 Å². The number of anilines is 2. The third kappa shape index (κ3) is 2.62. The lowest BCUT2D eigenvalue weighted by Gasteiger charge is -2.17. The van der Waals surface area contributed by atoms with E-state index in [1.807, 2.05) is 62.4 Å². The van der Waals surface area contributed by atoms with Crippen LogP contribution in [0.4, 0.5) is 11.5 Å². The van der Waals surface area contributed by atoms with Gasteiger partial charge in [0.1, 0.15) is 17.6 Å². The molecule has 5 heteroatoms. The van der Waals surface area contributed by atoms with Crippen LogP contribution >= 0.6 is 0 Å². The number of hydrogen-bond donors (Lipinski definition) is 0. The van der Waals surface area contributed by atoms with Gasteiger partial charge in [-0.25, -0.2) is 9.97 Å². The molecule has 0 saturated heterocycles. The molecule has 3 aromatic rings. The highest BCUT2D eigenvalue weighted by atomic mass is 16.2. The quantitative estimate of drug-likeness (QED) is 0.710. The average molecular weight is 340 g/mol. The molecule has 126 valence electrons. The second-order valence-electron chi connectivity index (χ2n) is 6.42. The lowest BCUT2D eigenvalue weighted by molar-refractivity contribution is -0.116. The van der Waals surface area contributed by atoms with Crippen LogP contribution in [-0.4, -0.2) is 15.9 Å². The van der Waals surface area contributed by atoms with Crippen LogP contribution in [0.25, 0.3) is 11.4 Å². The van der Waals surface area contributed by atoms with Crippen molar-refractivity contribution < 1.29 is 4.79 Å². The number of nitrogens with zero attached hydrogens (tertiary/aromatic N) is 4. The molecule has 0 saturated carbocycles. The molecule has 0 N–H and O–H groups in total. The highest BCUT2D eigenvalue weighted by Gasteiger charge is 2.33. The molecule has 2 heterocycles. The number of rotatable bonds is 2. The Hall–Kier alpha value is -3.52. The number of aromatic nitrogens is 2. The number of carbonyl (C=O) groups is 1. The number of carbonyl (C=O) groups excluding carboxylic acids is 1. The Balaban J connectivity index is 1.90. The van der Waals surface area contributed by atoms with E-state index in [-0.39, 0.29) is 18.0 Å². The van der Waals surface area contributed by atoms with Crippen molar-refractivity contribution in [3.8, 4) is 17.5 Å². The van der Waals surface area contributed by atoms with Gasteiger partial charge in [0, 0.05) is 11.1 Å². The summed E-state index contributed by atoms with van der Waals surface area (Å²) in [4.78, 5) is 23.3. The molecule has 1 amide bonds. The monoisotopic (exact) mass is 340 g/mol. The van der Waals surface area contributed by atoms with Gasteiger partial charge in [0.2, 0.25) is 5.91 Å². The van der Waals surface area contributed by atoms with Crippen LogP contribution in [0.3, 0.4) is 0 Å². The normalized spacial score (nSPS) is 12.8. The average Bonchev–Trinajstić information content (AvgIpc) is 2.97. The lowest BCUT2D eigenvalue weighted by Crippen LogP contribution is -2.21. The molecule has 0 fully saturated rings. The highest BCUT2D eigenvalue weighted by Crippen LogP contribution is 2.36. The Morgan fingerprint density at radius 1 is 1.04 bits per heavy atom. The number of aryl methyl sites for hydroxylation is 2. The largest absolute Gasteiger partial charge is 0.274 e. The summed E-state index contributed by atoms with van der Waals surface area (Å²) in [6.07, 6.45) is 0.139. The van der Waals surface area contributed by atoms with Gasteiger partial charge in [-0.05, 0) is 31.5 Å². The number of amides is 1. The molecule has 1 aromatic heterocycles. The summed E-state index contributed by atoms with van der Waals surface area (Å²) in [5, 5.41) is 9.53. The van der Waals surface area contributed by atoms with E-state index in [0.29, 0.717) is 17.2 Å². The van der Waals surface area contributed by atoms with Crippen molar-refractivity contribution in [2.75, 3.05) is 4.90 Å². The van der Waals surface area contributed by atoms with Crippen LogP contribution in [0.2, 0.25) is 0 Å². The van der Waals surface area contributed by atoms with Crippen molar-refractivity contribution in [1.82, 2.24) is 9.97 Å². The fraction of sp³-hybridized carbons (Fsp3) is 0.143. The first kappa shape index (κ1) is 16.0. The number of fused-ring (bicyclic) bond motifs is 1. The number of nitriles is 1. The molecule has 1 aliphatic heterocycles. The standard InChI is InChI=1S/C21H16N4O/c1-13-6-8-15(9-7-13)20-23-18(12-22)17-11-19(26)25(21(17)24-20)16-5-3-4-14(2)10-16/h3-10H,11H2,1-2H3. The van der Waals surface area contributed by atoms with Crippen molar-refractivity contribution in [1.29, 1.82) is 5.26 Å². The van der Waals surface area contributed by atoms with Crippen molar-refractivity contribution in [3.63, 3.8) is 0 Å². The first-order chi connectivity index (χ1) is 12.6. The molecule has 0 bridgehead atoms. The van der Waals surface area contributed by atoms with Crippen molar-refractivity contribution in [2.45, 2.75) is 20.3 Å². The van der Waals surface area contributed by atoms with E-state index in [9.17, 15) is 10.1 Å². The van der Waals surface area contributed by atoms with Gasteiger partial charge in [0.05, 0.1) is 12.1 Å². The van der Waals surface area contributed by atoms with Gasteiger partial charge in [0.25, 0.3) is 0 Å². The summed E-state index contributed by atoms with van der Waals surface area (Å²) in [5.74, 6) is 0.854. The van der Waals surface area contributed by atoms with E-state index >= 15 is 0 Å². The van der Waals surface area contributed by atoms with Gasteiger partial charge in [-0.1, -0.05) is 42.0 Å². The summed E-state index contributed by atoms with van der Waals surface area (Å²) in [6, 6.07) is 17.6. The highest BCUT2D eigenvalue weighted by molar-refractivity contribution is 6.06. The second kappa shape index (κ2) is 6.08. The van der Waals surface area contributed by atoms with Crippen molar-refractivity contribution in [2.24, 2.45) is 0 Å². The minimum atomic E-state index is -0.0996. The smallest absolute Gasteiger partial charge is 0.237 e. The van der Waals surface area contributed by atoms with Crippen LogP contribution in [-0.2, 0) is 11.2 Å². The fourth-order valence-electron chi connectivity index (χ4n) is 3.13. The van der Waals surface area contributed by atoms with E-state index < -0.39 is 0 Å². The third-order valence-corrected chi connectivity index (χ3v) is 4.45. The minimum absolute atomic E-state index is 0.0996. The molecule has 2 aromatic carbocycles. The van der Waals surface area contributed by atoms with Gasteiger partial charge in [-0.15, -0.1) is 0 Å². The van der Waals surface area contributed by atoms with Gasteiger partial charge >= 0.3 is 0 Å². The molecule has 1 aliphatic rings. The Bertz CT molecular complexity index is 1060. The Kier molecular flexibility index (Phi) is 3.74. The van der Waals surface area contributed by atoms with Crippen LogP contribution in [0, 0.1) is 25.2 Å². The van der Waals surface area contributed by atoms with Crippen LogP contribution < -0.4 is 4.90 Å². The maximum atomic E-state index is 12.7. The molecule has 0 unspecified atom stereocenters. The zero-order chi connectivity index (χ0) is 18.3. The summed E-state index contributed by atoms with van der Waals surface area (Å²) in [5.41, 5.74) is 4.61. The fourth-order valence-corrected chi connectivity index (χ4v) is 3.13. The molecule has 5 nitrogen and oxygen atoms in total. The molecule has 0 atom stereocenters. The van der Waals surface area contributed by atoms with E-state index in [2.05, 4.69) is 16.0 Å². The van der Waals surface area contributed by atoms with Gasteiger partial charge < -0.3 is 0 Å². The Morgan fingerprint density at radius 3 is 2.50 bits per heavy atom. The van der Waals surface area contributed by atoms with Crippen LogP contribution in [0.5, 0.6) is 0 Å². The van der Waals surface area contributed by atoms with E-state index in [1.165, 1.54) is 0 Å². The summed E-state index contributed by atoms with van der Waals surface area (Å²) >= 11 is 0. The van der Waals surface area contributed by atoms with Gasteiger partial charge in [-0.3, -0.25) is 9.69 Å². The molecule has 0 radical (unpaired) electrons. The zero-order valence-electron chi connectivity index (χ0n) is 14.5. The summed E-state index contributed by atoms with van der Waals surface area (Å²) < 4.78 is 0. The van der Waals surface area contributed by atoms with E-state index in [4.69, 9.17) is 0 Å². The maximum Gasteiger partial charge on any atom is 0.237 e. The SMILES string of the molecule is Cc1ccc(-c2nc(C#N)c3c(n2)N(c2cccc(C)c2)C(=O)C3)cc1. The van der Waals surface area contributed by atoms with E-state index in [1.54, 1.807) is 4.90 Å². The number of benzene rings is 2. The summed E-state index contributed by atoms with van der Waals surface area (Å²) in [7, 11) is 0. The third-order valence-electron chi connectivity index (χ3n) is 4.45. The molecule has 26 heavy (non-hydrogen) atoms. The Morgan fingerprint density at radius 2 is 1.81 bits per heavy atom. The summed E-state index contributed by atoms with van der Waals surface area (Å²) in [6.45, 7) is 3.98. The second-order valence-corrected chi connectivity index (χ2v) is 6.42. The van der Waals surface area contributed by atoms with Crippen LogP contribution in [0.15, 0.2) is 48.5 Å². The topological polar surface area (TPSA) is 69.9 Å². The van der Waals surface area contributed by atoms with Crippen molar-refractivity contribution >= 4 is 17.4 Å². The molecular weight excluding hydrogens is 324 g/mol. The first-order valence-corrected chi connectivity index (χ1v) is 8.34. The zero-order valence-corrected chi connectivity index (χ0v) is 14.5. The van der Waals surface area contributed by atoms with E-state index in [0.717, 1.165) is 22.4 Å². The molecular formula is C21H16N4O. The molecule has 0 aliphatic carbocycles. The Labute approximate surface area is 151 Å². The first-order valence-electron chi connectivity index (χ1n) is 8.34. The molecule has 0 spiro atoms. The van der Waals surface area contributed by atoms with Crippen molar-refractivity contribution in [3.05, 3.63) is 70.9 Å². The predicted octanol–water partition coefficient (Wildman–Crippen LogP) is 3.85. The lowest BCUT2D eigenvalue weighted by atomic mass is 10.1. The predicted molar refractivity (Wildman–Crippen MR) is 98.9 cm³/mol. The maximum absolute atomic E-state index is 12.7. The number of hydrogen-bond acceptors (Lipinski definition) is 4. The van der Waals surface area contributed by atoms with Gasteiger partial charge in [-0.2, -0.15) is 5.26 Å². The minimum Gasteiger partial charge on any atom is -0.274 e.